The van der Waals surface area contributed by atoms with Crippen LogP contribution in [-0.2, 0) is 22.4 Å². The zero-order valence-electron chi connectivity index (χ0n) is 13.3. The van der Waals surface area contributed by atoms with Crippen molar-refractivity contribution in [2.75, 3.05) is 0 Å². The number of epoxide rings is 1. The van der Waals surface area contributed by atoms with Gasteiger partial charge in [0.25, 0.3) is 0 Å². The minimum absolute atomic E-state index is 0.286. The van der Waals surface area contributed by atoms with Crippen LogP contribution in [0.2, 0.25) is 0 Å². The van der Waals surface area contributed by atoms with Crippen LogP contribution in [-0.4, -0.2) is 0 Å². The number of benzene rings is 3. The Kier molecular flexibility index (Phi) is 3.32. The van der Waals surface area contributed by atoms with E-state index in [1.807, 2.05) is 0 Å². The lowest BCUT2D eigenvalue weighted by Crippen LogP contribution is -2.22. The predicted octanol–water partition coefficient (Wildman–Crippen LogP) is 5.07. The van der Waals surface area contributed by atoms with Crippen LogP contribution < -0.4 is 0 Å². The van der Waals surface area contributed by atoms with E-state index in [-0.39, 0.29) is 11.2 Å². The smallest absolute Gasteiger partial charge is 0.131 e. The summed E-state index contributed by atoms with van der Waals surface area (Å²) in [6, 6.07) is 31.7. The van der Waals surface area contributed by atoms with Crippen molar-refractivity contribution in [3.8, 4) is 0 Å². The molecule has 0 bridgehead atoms. The Hall–Kier alpha value is -2.38. The molecule has 1 heterocycles. The van der Waals surface area contributed by atoms with Crippen molar-refractivity contribution in [1.29, 1.82) is 0 Å². The average Bonchev–Trinajstić information content (AvgIpc) is 3.24. The standard InChI is InChI=1S/C22H20O/c1-21(19-13-7-3-8-14-19)22(23-21,20-15-9-4-10-16-20)17-18-11-5-2-6-12-18/h2-16H,17H2,1H3. The lowest BCUT2D eigenvalue weighted by molar-refractivity contribution is 0.269. The van der Waals surface area contributed by atoms with Crippen molar-refractivity contribution in [1.82, 2.24) is 0 Å². The van der Waals surface area contributed by atoms with E-state index in [0.29, 0.717) is 0 Å². The first-order chi connectivity index (χ1) is 11.2. The number of hydrogen-bond donors (Lipinski definition) is 0. The van der Waals surface area contributed by atoms with Crippen LogP contribution in [0.25, 0.3) is 0 Å². The molecule has 0 saturated carbocycles. The summed E-state index contributed by atoms with van der Waals surface area (Å²) in [5, 5.41) is 0. The average molecular weight is 300 g/mol. The Balaban J connectivity index is 1.78. The fourth-order valence-electron chi connectivity index (χ4n) is 3.60. The molecular weight excluding hydrogens is 280 g/mol. The largest absolute Gasteiger partial charge is 0.352 e. The van der Waals surface area contributed by atoms with Crippen LogP contribution >= 0.6 is 0 Å². The summed E-state index contributed by atoms with van der Waals surface area (Å²) in [5.74, 6) is 0. The molecule has 23 heavy (non-hydrogen) atoms. The molecule has 1 nitrogen and oxygen atoms in total. The van der Waals surface area contributed by atoms with Gasteiger partial charge in [0.1, 0.15) is 11.2 Å². The molecule has 1 fully saturated rings. The SMILES string of the molecule is CC1(c2ccccc2)OC1(Cc1ccccc1)c1ccccc1. The van der Waals surface area contributed by atoms with E-state index in [2.05, 4.69) is 97.9 Å². The Morgan fingerprint density at radius 2 is 1.13 bits per heavy atom. The van der Waals surface area contributed by atoms with Gasteiger partial charge in [-0.25, -0.2) is 0 Å². The Labute approximate surface area is 137 Å². The first kappa shape index (κ1) is 14.2. The van der Waals surface area contributed by atoms with E-state index < -0.39 is 0 Å². The molecule has 1 heteroatoms. The van der Waals surface area contributed by atoms with Gasteiger partial charge in [-0.3, -0.25) is 0 Å². The summed E-state index contributed by atoms with van der Waals surface area (Å²) in [4.78, 5) is 0. The zero-order chi connectivity index (χ0) is 15.8. The Morgan fingerprint density at radius 3 is 1.70 bits per heavy atom. The van der Waals surface area contributed by atoms with E-state index in [1.165, 1.54) is 16.7 Å². The topological polar surface area (TPSA) is 12.5 Å². The summed E-state index contributed by atoms with van der Waals surface area (Å²) in [5.41, 5.74) is 3.20. The molecule has 4 rings (SSSR count). The summed E-state index contributed by atoms with van der Waals surface area (Å²) in [6.07, 6.45) is 0.878. The quantitative estimate of drug-likeness (QED) is 0.613. The maximum Gasteiger partial charge on any atom is 0.131 e. The molecule has 0 aliphatic carbocycles. The molecule has 114 valence electrons. The first-order valence-electron chi connectivity index (χ1n) is 8.10. The molecule has 0 spiro atoms. The number of rotatable bonds is 4. The van der Waals surface area contributed by atoms with Crippen LogP contribution in [0.1, 0.15) is 23.6 Å². The third-order valence-corrected chi connectivity index (χ3v) is 4.97. The second-order valence-corrected chi connectivity index (χ2v) is 6.36. The third kappa shape index (κ3) is 2.29. The molecule has 0 aromatic heterocycles. The normalized spacial score (nSPS) is 26.0. The van der Waals surface area contributed by atoms with E-state index in [9.17, 15) is 0 Å². The Morgan fingerprint density at radius 1 is 0.652 bits per heavy atom. The van der Waals surface area contributed by atoms with Crippen molar-refractivity contribution in [3.63, 3.8) is 0 Å². The molecule has 1 saturated heterocycles. The first-order valence-corrected chi connectivity index (χ1v) is 8.10. The molecule has 3 aromatic rings. The van der Waals surface area contributed by atoms with Crippen LogP contribution in [0.5, 0.6) is 0 Å². The Bertz CT molecular complexity index is 782. The highest BCUT2D eigenvalue weighted by Crippen LogP contribution is 2.63. The molecule has 3 aromatic carbocycles. The van der Waals surface area contributed by atoms with Crippen LogP contribution in [0.3, 0.4) is 0 Å². The van der Waals surface area contributed by atoms with Crippen molar-refractivity contribution in [2.24, 2.45) is 0 Å². The molecular formula is C22H20O. The van der Waals surface area contributed by atoms with Gasteiger partial charge >= 0.3 is 0 Å². The highest BCUT2D eigenvalue weighted by Gasteiger charge is 2.68. The fraction of sp³-hybridized carbons (Fsp3) is 0.182. The summed E-state index contributed by atoms with van der Waals surface area (Å²) < 4.78 is 6.47. The van der Waals surface area contributed by atoms with Crippen LogP contribution in [0.4, 0.5) is 0 Å². The second kappa shape index (κ2) is 5.36. The van der Waals surface area contributed by atoms with Gasteiger partial charge < -0.3 is 4.74 Å². The minimum Gasteiger partial charge on any atom is -0.352 e. The van der Waals surface area contributed by atoms with E-state index >= 15 is 0 Å². The van der Waals surface area contributed by atoms with E-state index in [4.69, 9.17) is 4.74 Å². The van der Waals surface area contributed by atoms with Crippen LogP contribution in [0, 0.1) is 0 Å². The highest BCUT2D eigenvalue weighted by molar-refractivity contribution is 5.42. The van der Waals surface area contributed by atoms with Gasteiger partial charge in [0.15, 0.2) is 0 Å². The second-order valence-electron chi connectivity index (χ2n) is 6.36. The van der Waals surface area contributed by atoms with E-state index in [1.54, 1.807) is 0 Å². The lowest BCUT2D eigenvalue weighted by atomic mass is 9.79. The molecule has 2 unspecified atom stereocenters. The minimum atomic E-state index is -0.295. The molecule has 1 aliphatic heterocycles. The lowest BCUT2D eigenvalue weighted by Gasteiger charge is -2.18. The molecule has 2 atom stereocenters. The monoisotopic (exact) mass is 300 g/mol. The van der Waals surface area contributed by atoms with Gasteiger partial charge in [0.05, 0.1) is 0 Å². The van der Waals surface area contributed by atoms with Gasteiger partial charge in [-0.2, -0.15) is 0 Å². The number of ether oxygens (including phenoxy) is 1. The van der Waals surface area contributed by atoms with Crippen molar-refractivity contribution in [3.05, 3.63) is 108 Å². The van der Waals surface area contributed by atoms with Crippen molar-refractivity contribution < 1.29 is 4.74 Å². The van der Waals surface area contributed by atoms with Gasteiger partial charge in [0, 0.05) is 6.42 Å². The highest BCUT2D eigenvalue weighted by atomic mass is 16.6. The van der Waals surface area contributed by atoms with Gasteiger partial charge in [-0.15, -0.1) is 0 Å². The van der Waals surface area contributed by atoms with Crippen molar-refractivity contribution >= 4 is 0 Å². The molecule has 0 amide bonds. The number of hydrogen-bond acceptors (Lipinski definition) is 1. The molecule has 0 N–H and O–H groups in total. The fourth-order valence-corrected chi connectivity index (χ4v) is 3.60. The van der Waals surface area contributed by atoms with E-state index in [0.717, 1.165) is 6.42 Å². The zero-order valence-corrected chi connectivity index (χ0v) is 13.3. The third-order valence-electron chi connectivity index (χ3n) is 4.97. The van der Waals surface area contributed by atoms with Gasteiger partial charge in [0.2, 0.25) is 0 Å². The summed E-state index contributed by atoms with van der Waals surface area (Å²) in [6.45, 7) is 2.21. The maximum atomic E-state index is 6.47. The van der Waals surface area contributed by atoms with Crippen molar-refractivity contribution in [2.45, 2.75) is 24.5 Å². The predicted molar refractivity (Wildman–Crippen MR) is 93.1 cm³/mol. The molecule has 1 aliphatic rings. The maximum absolute atomic E-state index is 6.47. The van der Waals surface area contributed by atoms with Gasteiger partial charge in [-0.1, -0.05) is 91.0 Å². The summed E-state index contributed by atoms with van der Waals surface area (Å²) >= 11 is 0. The molecule has 0 radical (unpaired) electrons. The van der Waals surface area contributed by atoms with Crippen LogP contribution in [0.15, 0.2) is 91.0 Å². The summed E-state index contributed by atoms with van der Waals surface area (Å²) in [7, 11) is 0. The van der Waals surface area contributed by atoms with Gasteiger partial charge in [-0.05, 0) is 23.6 Å².